The van der Waals surface area contributed by atoms with Gasteiger partial charge < -0.3 is 25.0 Å². The summed E-state index contributed by atoms with van der Waals surface area (Å²) in [7, 11) is 2.22. The van der Waals surface area contributed by atoms with Crippen molar-refractivity contribution in [2.75, 3.05) is 68.4 Å². The first-order valence-corrected chi connectivity index (χ1v) is 14.9. The molecule has 2 fully saturated rings. The molecule has 2 saturated heterocycles. The smallest absolute Gasteiger partial charge is 0.256 e. The van der Waals surface area contributed by atoms with Gasteiger partial charge in [0.2, 0.25) is 0 Å². The first kappa shape index (κ1) is 28.8. The molecule has 0 radical (unpaired) electrons. The molecule has 1 aromatic carbocycles. The number of anilines is 4. The molecule has 0 bridgehead atoms. The average molecular weight is 582 g/mol. The highest BCUT2D eigenvalue weighted by Gasteiger charge is 2.24. The minimum atomic E-state index is -0.299. The molecule has 1 amide bonds. The number of amides is 1. The summed E-state index contributed by atoms with van der Waals surface area (Å²) < 4.78 is 5.21. The van der Waals surface area contributed by atoms with E-state index in [9.17, 15) is 4.79 Å². The van der Waals surface area contributed by atoms with Gasteiger partial charge in [-0.25, -0.2) is 15.0 Å². The van der Waals surface area contributed by atoms with Crippen LogP contribution in [0.4, 0.5) is 23.1 Å². The molecule has 43 heavy (non-hydrogen) atoms. The molecule has 5 heterocycles. The number of likely N-dealkylation sites (tertiary alicyclic amines) is 1. The van der Waals surface area contributed by atoms with Crippen LogP contribution in [0.25, 0.3) is 16.6 Å². The maximum absolute atomic E-state index is 13.0. The molecule has 4 aromatic rings. The summed E-state index contributed by atoms with van der Waals surface area (Å²) in [6.07, 6.45) is 4.12. The Kier molecular flexibility index (Phi) is 8.35. The molecule has 0 aliphatic carbocycles. The third-order valence-corrected chi connectivity index (χ3v) is 8.44. The van der Waals surface area contributed by atoms with Crippen LogP contribution in [0, 0.1) is 12.8 Å². The zero-order valence-corrected chi connectivity index (χ0v) is 25.1. The maximum Gasteiger partial charge on any atom is 0.256 e. The topological polar surface area (TPSA) is 116 Å². The fourth-order valence-corrected chi connectivity index (χ4v) is 5.72. The Balaban J connectivity index is 1.15. The van der Waals surface area contributed by atoms with E-state index in [1.807, 2.05) is 32.0 Å². The summed E-state index contributed by atoms with van der Waals surface area (Å²) in [5, 5.41) is 10.1. The van der Waals surface area contributed by atoms with Crippen LogP contribution >= 0.6 is 0 Å². The molecule has 0 spiro atoms. The average Bonchev–Trinajstić information content (AvgIpc) is 3.49. The van der Waals surface area contributed by atoms with Gasteiger partial charge in [0.05, 0.1) is 5.52 Å². The van der Waals surface area contributed by atoms with Gasteiger partial charge in [-0.05, 0) is 88.1 Å². The Labute approximate surface area is 252 Å². The Bertz CT molecular complexity index is 1620. The first-order chi connectivity index (χ1) is 20.8. The van der Waals surface area contributed by atoms with Crippen molar-refractivity contribution in [2.24, 2.45) is 5.92 Å². The molecule has 0 unspecified atom stereocenters. The van der Waals surface area contributed by atoms with Crippen molar-refractivity contribution in [2.45, 2.75) is 26.7 Å². The second kappa shape index (κ2) is 12.5. The normalized spacial score (nSPS) is 16.9. The van der Waals surface area contributed by atoms with E-state index in [2.05, 4.69) is 54.1 Å². The molecule has 0 saturated carbocycles. The molecule has 224 valence electrons. The number of aromatic nitrogens is 4. The van der Waals surface area contributed by atoms with E-state index in [0.29, 0.717) is 28.5 Å². The number of aryl methyl sites for hydroxylation is 1. The molecule has 11 nitrogen and oxygen atoms in total. The van der Waals surface area contributed by atoms with Crippen molar-refractivity contribution >= 4 is 45.7 Å². The zero-order valence-electron chi connectivity index (χ0n) is 25.1. The lowest BCUT2D eigenvalue weighted by atomic mass is 9.96. The van der Waals surface area contributed by atoms with Crippen LogP contribution in [0.2, 0.25) is 0 Å². The van der Waals surface area contributed by atoms with E-state index in [0.717, 1.165) is 60.3 Å². The lowest BCUT2D eigenvalue weighted by molar-refractivity contribution is 0.102. The lowest BCUT2D eigenvalue weighted by Crippen LogP contribution is -2.49. The predicted octanol–water partition coefficient (Wildman–Crippen LogP) is 4.81. The molecule has 6 rings (SSSR count). The Hall–Kier alpha value is -4.35. The van der Waals surface area contributed by atoms with Gasteiger partial charge in [-0.3, -0.25) is 9.69 Å². The molecule has 3 aromatic heterocycles. The van der Waals surface area contributed by atoms with Crippen LogP contribution in [0.3, 0.4) is 0 Å². The van der Waals surface area contributed by atoms with Crippen molar-refractivity contribution in [3.05, 3.63) is 66.2 Å². The minimum Gasteiger partial charge on any atom is -0.354 e. The van der Waals surface area contributed by atoms with Gasteiger partial charge in [-0.15, -0.1) is 0 Å². The SMILES string of the molecule is C=C(C)c1cc(NC(=O)c2ccc(C)c(Nc3ncnc4ccc(N5CCN(CC6CCN(C)CC6)CC5)nc34)c2)no1. The van der Waals surface area contributed by atoms with Gasteiger partial charge >= 0.3 is 0 Å². The van der Waals surface area contributed by atoms with Crippen LogP contribution < -0.4 is 15.5 Å². The fraction of sp³-hybridized carbons (Fsp3) is 0.406. The van der Waals surface area contributed by atoms with Crippen molar-refractivity contribution < 1.29 is 9.32 Å². The summed E-state index contributed by atoms with van der Waals surface area (Å²) in [6.45, 7) is 15.2. The number of allylic oxidation sites excluding steroid dienone is 1. The number of fused-ring (bicyclic) bond motifs is 1. The van der Waals surface area contributed by atoms with Crippen molar-refractivity contribution in [3.63, 3.8) is 0 Å². The Morgan fingerprint density at radius 1 is 1.05 bits per heavy atom. The second-order valence-corrected chi connectivity index (χ2v) is 11.8. The van der Waals surface area contributed by atoms with Gasteiger partial charge in [0.25, 0.3) is 5.91 Å². The number of benzene rings is 1. The largest absolute Gasteiger partial charge is 0.354 e. The van der Waals surface area contributed by atoms with Crippen molar-refractivity contribution in [1.82, 2.24) is 29.9 Å². The van der Waals surface area contributed by atoms with Gasteiger partial charge in [0.1, 0.15) is 17.7 Å². The maximum atomic E-state index is 13.0. The van der Waals surface area contributed by atoms with Crippen LogP contribution in [-0.2, 0) is 0 Å². The Morgan fingerprint density at radius 3 is 2.58 bits per heavy atom. The molecule has 2 aliphatic rings. The molecule has 11 heteroatoms. The van der Waals surface area contributed by atoms with E-state index in [-0.39, 0.29) is 5.91 Å². The van der Waals surface area contributed by atoms with Gasteiger partial charge in [-0.1, -0.05) is 17.8 Å². The minimum absolute atomic E-state index is 0.299. The van der Waals surface area contributed by atoms with E-state index in [1.54, 1.807) is 18.2 Å². The van der Waals surface area contributed by atoms with E-state index < -0.39 is 0 Å². The van der Waals surface area contributed by atoms with Crippen molar-refractivity contribution in [3.8, 4) is 0 Å². The number of hydrogen-bond donors (Lipinski definition) is 2. The molecular formula is C32H39N9O2. The zero-order chi connectivity index (χ0) is 29.9. The summed E-state index contributed by atoms with van der Waals surface area (Å²) in [5.41, 5.74) is 4.37. The summed E-state index contributed by atoms with van der Waals surface area (Å²) in [4.78, 5) is 34.4. The third kappa shape index (κ3) is 6.68. The number of rotatable bonds is 8. The Morgan fingerprint density at radius 2 is 1.84 bits per heavy atom. The number of piperazine rings is 1. The van der Waals surface area contributed by atoms with Gasteiger partial charge in [0.15, 0.2) is 17.4 Å². The molecule has 2 aliphatic heterocycles. The van der Waals surface area contributed by atoms with Gasteiger partial charge in [0, 0.05) is 50.0 Å². The molecular weight excluding hydrogens is 542 g/mol. The van der Waals surface area contributed by atoms with Crippen LogP contribution in [0.5, 0.6) is 0 Å². The van der Waals surface area contributed by atoms with Crippen LogP contribution in [-0.4, -0.2) is 88.7 Å². The van der Waals surface area contributed by atoms with E-state index in [4.69, 9.17) is 9.51 Å². The summed E-state index contributed by atoms with van der Waals surface area (Å²) in [5.74, 6) is 2.88. The summed E-state index contributed by atoms with van der Waals surface area (Å²) >= 11 is 0. The van der Waals surface area contributed by atoms with Gasteiger partial charge in [-0.2, -0.15) is 0 Å². The highest BCUT2D eigenvalue weighted by Crippen LogP contribution is 2.28. The first-order valence-electron chi connectivity index (χ1n) is 14.9. The van der Waals surface area contributed by atoms with E-state index in [1.165, 1.54) is 38.8 Å². The highest BCUT2D eigenvalue weighted by molar-refractivity contribution is 6.04. The fourth-order valence-electron chi connectivity index (χ4n) is 5.72. The molecule has 0 atom stereocenters. The number of pyridine rings is 1. The van der Waals surface area contributed by atoms with Crippen molar-refractivity contribution in [1.29, 1.82) is 0 Å². The number of carbonyl (C=O) groups excluding carboxylic acids is 1. The number of nitrogens with one attached hydrogen (secondary N) is 2. The molecule has 2 N–H and O–H groups in total. The number of nitrogens with zero attached hydrogens (tertiary/aromatic N) is 7. The van der Waals surface area contributed by atoms with Crippen LogP contribution in [0.15, 0.2) is 53.8 Å². The number of piperidine rings is 1. The third-order valence-electron chi connectivity index (χ3n) is 8.44. The lowest BCUT2D eigenvalue weighted by Gasteiger charge is -2.38. The second-order valence-electron chi connectivity index (χ2n) is 11.8. The quantitative estimate of drug-likeness (QED) is 0.300. The predicted molar refractivity (Wildman–Crippen MR) is 170 cm³/mol. The monoisotopic (exact) mass is 581 g/mol. The number of carbonyl (C=O) groups is 1. The van der Waals surface area contributed by atoms with Crippen LogP contribution in [0.1, 0.15) is 41.4 Å². The highest BCUT2D eigenvalue weighted by atomic mass is 16.5. The summed E-state index contributed by atoms with van der Waals surface area (Å²) in [6, 6.07) is 11.2. The van der Waals surface area contributed by atoms with E-state index >= 15 is 0 Å². The standard InChI is InChI=1S/C32H39N9O2/c1-21(2)27-18-28(38-43-27)36-32(42)24-6-5-22(3)26(17-24)35-31-30-25(33-20-34-31)7-8-29(37-30)41-15-13-40(14-16-41)19-23-9-11-39(4)12-10-23/h5-8,17-18,20,23H,1,9-16,19H2,2-4H3,(H,33,34,35)(H,36,38,42). The number of hydrogen-bond acceptors (Lipinski definition) is 10.